The predicted molar refractivity (Wildman–Crippen MR) is 106 cm³/mol. The van der Waals surface area contributed by atoms with Gasteiger partial charge < -0.3 is 9.52 Å². The van der Waals surface area contributed by atoms with Crippen LogP contribution in [-0.2, 0) is 9.59 Å². The Hall–Kier alpha value is -2.09. The fourth-order valence-corrected chi connectivity index (χ4v) is 4.01. The summed E-state index contributed by atoms with van der Waals surface area (Å²) in [6.07, 6.45) is 1.85. The zero-order valence-electron chi connectivity index (χ0n) is 13.6. The molecule has 1 unspecified atom stereocenters. The minimum absolute atomic E-state index is 0.236. The van der Waals surface area contributed by atoms with Crippen molar-refractivity contribution in [2.45, 2.75) is 19.4 Å². The number of furan rings is 1. The van der Waals surface area contributed by atoms with Gasteiger partial charge in [0.25, 0.3) is 5.91 Å². The van der Waals surface area contributed by atoms with Gasteiger partial charge in [-0.2, -0.15) is 0 Å². The summed E-state index contributed by atoms with van der Waals surface area (Å²) in [5.41, 5.74) is 0.860. The summed E-state index contributed by atoms with van der Waals surface area (Å²) in [5.74, 6) is -0.369. The van der Waals surface area contributed by atoms with Gasteiger partial charge >= 0.3 is 5.97 Å². The monoisotopic (exact) mass is 407 g/mol. The molecule has 0 radical (unpaired) electrons. The predicted octanol–water partition coefficient (Wildman–Crippen LogP) is 4.66. The zero-order valence-corrected chi connectivity index (χ0v) is 16.0. The van der Waals surface area contributed by atoms with E-state index in [9.17, 15) is 14.7 Å². The van der Waals surface area contributed by atoms with Gasteiger partial charge in [0.15, 0.2) is 0 Å². The van der Waals surface area contributed by atoms with Crippen LogP contribution in [0.15, 0.2) is 45.7 Å². The van der Waals surface area contributed by atoms with Crippen molar-refractivity contribution >= 4 is 57.9 Å². The van der Waals surface area contributed by atoms with Crippen molar-refractivity contribution in [3.05, 3.63) is 52.1 Å². The number of thiocarbonyl (C=S) groups is 1. The van der Waals surface area contributed by atoms with Crippen LogP contribution in [0.1, 0.15) is 19.1 Å². The third-order valence-electron chi connectivity index (χ3n) is 3.84. The van der Waals surface area contributed by atoms with E-state index in [1.165, 1.54) is 0 Å². The topological polar surface area (TPSA) is 70.8 Å². The van der Waals surface area contributed by atoms with Gasteiger partial charge in [-0.15, -0.1) is 0 Å². The second kappa shape index (κ2) is 7.65. The van der Waals surface area contributed by atoms with Crippen molar-refractivity contribution in [2.24, 2.45) is 0 Å². The van der Waals surface area contributed by atoms with E-state index in [1.54, 1.807) is 37.3 Å². The van der Waals surface area contributed by atoms with Crippen LogP contribution in [0, 0.1) is 0 Å². The van der Waals surface area contributed by atoms with Crippen LogP contribution in [0.3, 0.4) is 0 Å². The summed E-state index contributed by atoms with van der Waals surface area (Å²) in [5, 5.41) is 9.92. The van der Waals surface area contributed by atoms with Crippen LogP contribution in [0.5, 0.6) is 0 Å². The number of thioether (sulfide) groups is 1. The number of rotatable bonds is 5. The molecule has 1 fully saturated rings. The summed E-state index contributed by atoms with van der Waals surface area (Å²) >= 11 is 12.1. The van der Waals surface area contributed by atoms with Crippen LogP contribution < -0.4 is 0 Å². The van der Waals surface area contributed by atoms with Gasteiger partial charge in [-0.1, -0.05) is 42.5 Å². The minimum atomic E-state index is -1.08. The smallest absolute Gasteiger partial charge is 0.326 e. The highest BCUT2D eigenvalue weighted by Gasteiger charge is 2.39. The van der Waals surface area contributed by atoms with Gasteiger partial charge in [-0.05, 0) is 42.8 Å². The molecule has 1 N–H and O–H groups in total. The van der Waals surface area contributed by atoms with Crippen molar-refractivity contribution in [1.82, 2.24) is 4.90 Å². The first-order chi connectivity index (χ1) is 12.4. The zero-order chi connectivity index (χ0) is 18.8. The first-order valence-electron chi connectivity index (χ1n) is 7.76. The number of amides is 1. The van der Waals surface area contributed by atoms with E-state index in [2.05, 4.69) is 0 Å². The van der Waals surface area contributed by atoms with Crippen molar-refractivity contribution in [3.8, 4) is 11.3 Å². The molecular formula is C18H14ClNO4S2. The molecule has 1 saturated heterocycles. The van der Waals surface area contributed by atoms with E-state index < -0.39 is 17.9 Å². The maximum absolute atomic E-state index is 12.6. The maximum atomic E-state index is 12.6. The molecule has 3 rings (SSSR count). The van der Waals surface area contributed by atoms with Crippen LogP contribution >= 0.6 is 35.6 Å². The molecule has 0 bridgehead atoms. The van der Waals surface area contributed by atoms with Gasteiger partial charge in [0, 0.05) is 16.7 Å². The summed E-state index contributed by atoms with van der Waals surface area (Å²) in [6.45, 7) is 1.70. The Morgan fingerprint density at radius 1 is 1.35 bits per heavy atom. The molecule has 0 aliphatic carbocycles. The lowest BCUT2D eigenvalue weighted by molar-refractivity contribution is -0.145. The fraction of sp³-hybridized carbons (Fsp3) is 0.167. The number of aliphatic carboxylic acids is 1. The summed E-state index contributed by atoms with van der Waals surface area (Å²) in [4.78, 5) is 25.4. The van der Waals surface area contributed by atoms with Gasteiger partial charge in [-0.25, -0.2) is 4.79 Å². The van der Waals surface area contributed by atoms with E-state index in [0.29, 0.717) is 21.4 Å². The fourth-order valence-electron chi connectivity index (χ4n) is 2.55. The normalized spacial score (nSPS) is 17.2. The number of hydrogen-bond donors (Lipinski definition) is 1. The lowest BCUT2D eigenvalue weighted by Crippen LogP contribution is -2.43. The second-order valence-corrected chi connectivity index (χ2v) is 7.64. The van der Waals surface area contributed by atoms with Gasteiger partial charge in [0.05, 0.1) is 4.91 Å². The van der Waals surface area contributed by atoms with Gasteiger partial charge in [0.2, 0.25) is 0 Å². The van der Waals surface area contributed by atoms with Crippen LogP contribution in [0.25, 0.3) is 17.4 Å². The molecule has 1 aliphatic heterocycles. The molecule has 0 spiro atoms. The first kappa shape index (κ1) is 18.7. The molecule has 1 aromatic heterocycles. The SMILES string of the molecule is CCC(C(=O)O)N1C(=O)/C(=C/c2ccc(-c3ccc(Cl)cc3)o2)SC1=S. The third-order valence-corrected chi connectivity index (χ3v) is 5.42. The highest BCUT2D eigenvalue weighted by molar-refractivity contribution is 8.26. The Labute approximate surface area is 164 Å². The molecule has 8 heteroatoms. The molecule has 5 nitrogen and oxygen atoms in total. The Bertz CT molecular complexity index is 904. The van der Waals surface area contributed by atoms with Crippen LogP contribution in [0.2, 0.25) is 5.02 Å². The second-order valence-electron chi connectivity index (χ2n) is 5.52. The number of carboxylic acid groups (broad SMARTS) is 1. The van der Waals surface area contributed by atoms with E-state index >= 15 is 0 Å². The molecule has 1 aliphatic rings. The molecule has 1 aromatic carbocycles. The molecule has 134 valence electrons. The Morgan fingerprint density at radius 3 is 2.65 bits per heavy atom. The molecular weight excluding hydrogens is 394 g/mol. The molecule has 1 amide bonds. The Kier molecular flexibility index (Phi) is 5.50. The lowest BCUT2D eigenvalue weighted by Gasteiger charge is -2.21. The van der Waals surface area contributed by atoms with Crippen LogP contribution in [-0.4, -0.2) is 32.2 Å². The van der Waals surface area contributed by atoms with Crippen molar-refractivity contribution < 1.29 is 19.1 Å². The number of carbonyl (C=O) groups is 2. The number of halogens is 1. The standard InChI is InChI=1S/C18H14ClNO4S2/c1-2-13(17(22)23)20-16(21)15(26-18(20)25)9-12-7-8-14(24-12)10-3-5-11(19)6-4-10/h3-9,13H,2H2,1H3,(H,22,23)/b15-9-. The Morgan fingerprint density at radius 2 is 2.04 bits per heavy atom. The first-order valence-corrected chi connectivity index (χ1v) is 9.36. The van der Waals surface area contributed by atoms with Crippen molar-refractivity contribution in [3.63, 3.8) is 0 Å². The number of carbonyl (C=O) groups excluding carboxylic acids is 1. The van der Waals surface area contributed by atoms with Crippen molar-refractivity contribution in [1.29, 1.82) is 0 Å². The highest BCUT2D eigenvalue weighted by atomic mass is 35.5. The molecule has 1 atom stereocenters. The average molecular weight is 408 g/mol. The molecule has 2 aromatic rings. The number of carboxylic acids is 1. The highest BCUT2D eigenvalue weighted by Crippen LogP contribution is 2.35. The number of hydrogen-bond acceptors (Lipinski definition) is 5. The molecule has 26 heavy (non-hydrogen) atoms. The molecule has 0 saturated carbocycles. The number of nitrogens with zero attached hydrogens (tertiary/aromatic N) is 1. The molecule has 2 heterocycles. The van der Waals surface area contributed by atoms with Gasteiger partial charge in [-0.3, -0.25) is 9.69 Å². The van der Waals surface area contributed by atoms with Crippen LogP contribution in [0.4, 0.5) is 0 Å². The van der Waals surface area contributed by atoms with E-state index in [4.69, 9.17) is 28.2 Å². The quantitative estimate of drug-likeness (QED) is 0.574. The van der Waals surface area contributed by atoms with Gasteiger partial charge in [0.1, 0.15) is 21.9 Å². The summed E-state index contributed by atoms with van der Waals surface area (Å²) < 4.78 is 6.00. The Balaban J connectivity index is 1.85. The van der Waals surface area contributed by atoms with E-state index in [-0.39, 0.29) is 10.7 Å². The third kappa shape index (κ3) is 3.70. The summed E-state index contributed by atoms with van der Waals surface area (Å²) in [7, 11) is 0. The summed E-state index contributed by atoms with van der Waals surface area (Å²) in [6, 6.07) is 9.77. The van der Waals surface area contributed by atoms with E-state index in [1.807, 2.05) is 12.1 Å². The minimum Gasteiger partial charge on any atom is -0.480 e. The largest absolute Gasteiger partial charge is 0.480 e. The van der Waals surface area contributed by atoms with Crippen molar-refractivity contribution in [2.75, 3.05) is 0 Å². The van der Waals surface area contributed by atoms with E-state index in [0.717, 1.165) is 22.2 Å². The number of benzene rings is 1. The average Bonchev–Trinajstić information content (AvgIpc) is 3.16. The lowest BCUT2D eigenvalue weighted by atomic mass is 10.2. The maximum Gasteiger partial charge on any atom is 0.326 e.